The summed E-state index contributed by atoms with van der Waals surface area (Å²) in [4.78, 5) is 4.71. The summed E-state index contributed by atoms with van der Waals surface area (Å²) >= 11 is 0. The van der Waals surface area contributed by atoms with E-state index >= 15 is 0 Å². The Morgan fingerprint density at radius 1 is 1.48 bits per heavy atom. The van der Waals surface area contributed by atoms with Crippen molar-refractivity contribution in [1.29, 1.82) is 5.41 Å². The van der Waals surface area contributed by atoms with Crippen molar-refractivity contribution in [3.05, 3.63) is 36.3 Å². The van der Waals surface area contributed by atoms with Crippen LogP contribution >= 0.6 is 0 Å². The van der Waals surface area contributed by atoms with Gasteiger partial charge in [0.15, 0.2) is 0 Å². The van der Waals surface area contributed by atoms with Crippen LogP contribution < -0.4 is 10.6 Å². The molecule has 0 saturated carbocycles. The molecule has 4 rings (SSSR count). The van der Waals surface area contributed by atoms with Crippen LogP contribution in [0.1, 0.15) is 38.2 Å². The lowest BCUT2D eigenvalue weighted by molar-refractivity contribution is 0.00348. The molecule has 2 fully saturated rings. The number of ether oxygens (including phenoxy) is 1. The first-order valence-electron chi connectivity index (χ1n) is 10.00. The van der Waals surface area contributed by atoms with Gasteiger partial charge in [-0.15, -0.1) is 0 Å². The van der Waals surface area contributed by atoms with E-state index in [0.717, 1.165) is 54.7 Å². The summed E-state index contributed by atoms with van der Waals surface area (Å²) in [7, 11) is 0. The Morgan fingerprint density at radius 2 is 2.41 bits per heavy atom. The molecule has 2 saturated heterocycles. The van der Waals surface area contributed by atoms with Gasteiger partial charge in [-0.1, -0.05) is 0 Å². The zero-order valence-electron chi connectivity index (χ0n) is 15.9. The number of fused-ring (bicyclic) bond motifs is 1. The van der Waals surface area contributed by atoms with Gasteiger partial charge >= 0.3 is 0 Å². The minimum Gasteiger partial charge on any atom is -0.366 e. The molecule has 2 aliphatic heterocycles. The molecular weight excluding hydrogens is 338 g/mol. The predicted octanol–water partition coefficient (Wildman–Crippen LogP) is 3.14. The zero-order valence-corrected chi connectivity index (χ0v) is 15.9. The molecule has 3 N–H and O–H groups in total. The zero-order chi connectivity index (χ0) is 18.6. The molecular formula is C21H29N5O. The largest absolute Gasteiger partial charge is 0.366 e. The molecule has 27 heavy (non-hydrogen) atoms. The molecule has 0 aliphatic carbocycles. The van der Waals surface area contributed by atoms with E-state index in [-0.39, 0.29) is 6.23 Å². The Bertz CT molecular complexity index is 821. The fourth-order valence-electron chi connectivity index (χ4n) is 4.10. The first-order valence-corrected chi connectivity index (χ1v) is 10.00. The lowest BCUT2D eigenvalue weighted by atomic mass is 10.1. The molecule has 2 aliphatic rings. The van der Waals surface area contributed by atoms with Crippen LogP contribution in [0.4, 0.5) is 0 Å². The number of hydrogen-bond acceptors (Lipinski definition) is 5. The average Bonchev–Trinajstić information content (AvgIpc) is 3.29. The molecule has 6 nitrogen and oxygen atoms in total. The lowest BCUT2D eigenvalue weighted by Gasteiger charge is -2.23. The van der Waals surface area contributed by atoms with Crippen LogP contribution in [-0.2, 0) is 11.3 Å². The average molecular weight is 367 g/mol. The molecule has 0 aromatic carbocycles. The van der Waals surface area contributed by atoms with Crippen molar-refractivity contribution in [2.45, 2.75) is 51.4 Å². The standard InChI is InChI=1S/C21H29N5O/c1-15-8-16(11-23-15)14-26-6-5-17-9-18(12-25-21(17)26)19(10-22)13-24-20-4-2-3-7-27-20/h5-6,9-10,12-13,15-16,20,22-24H,2-4,7-8,11,14H2,1H3/b19-13+,22-10?/t15-,16?,20?/m1/s1. The third kappa shape index (κ3) is 4.22. The highest BCUT2D eigenvalue weighted by molar-refractivity contribution is 6.08. The monoisotopic (exact) mass is 367 g/mol. The van der Waals surface area contributed by atoms with Crippen molar-refractivity contribution >= 4 is 22.8 Å². The van der Waals surface area contributed by atoms with Gasteiger partial charge in [0.2, 0.25) is 0 Å². The second-order valence-corrected chi connectivity index (χ2v) is 7.78. The van der Waals surface area contributed by atoms with E-state index in [4.69, 9.17) is 15.1 Å². The molecule has 0 spiro atoms. The van der Waals surface area contributed by atoms with Crippen LogP contribution in [-0.4, -0.2) is 41.2 Å². The lowest BCUT2D eigenvalue weighted by Crippen LogP contribution is -2.31. The Morgan fingerprint density at radius 3 is 3.15 bits per heavy atom. The summed E-state index contributed by atoms with van der Waals surface area (Å²) in [5.74, 6) is 0.661. The third-order valence-electron chi connectivity index (χ3n) is 5.59. The van der Waals surface area contributed by atoms with Crippen LogP contribution in [0.25, 0.3) is 16.6 Å². The summed E-state index contributed by atoms with van der Waals surface area (Å²) < 4.78 is 7.95. The molecule has 144 valence electrons. The summed E-state index contributed by atoms with van der Waals surface area (Å²) in [5.41, 5.74) is 2.79. The molecule has 2 aromatic heterocycles. The van der Waals surface area contributed by atoms with E-state index < -0.39 is 0 Å². The van der Waals surface area contributed by atoms with Crippen LogP contribution in [0.5, 0.6) is 0 Å². The van der Waals surface area contributed by atoms with Crippen LogP contribution in [0, 0.1) is 11.3 Å². The van der Waals surface area contributed by atoms with E-state index in [1.165, 1.54) is 19.1 Å². The molecule has 0 radical (unpaired) electrons. The number of pyridine rings is 1. The first-order chi connectivity index (χ1) is 13.2. The maximum Gasteiger partial charge on any atom is 0.139 e. The molecule has 0 bridgehead atoms. The quantitative estimate of drug-likeness (QED) is 0.686. The summed E-state index contributed by atoms with van der Waals surface area (Å²) in [6, 6.07) is 4.85. The Labute approximate surface area is 160 Å². The fraction of sp³-hybridized carbons (Fsp3) is 0.524. The number of aromatic nitrogens is 2. The molecule has 3 atom stereocenters. The van der Waals surface area contributed by atoms with Crippen molar-refractivity contribution in [3.8, 4) is 0 Å². The van der Waals surface area contributed by atoms with Crippen LogP contribution in [0.2, 0.25) is 0 Å². The SMILES string of the molecule is C[C@@H]1CC(Cn2ccc3cc(/C(C=N)=C/NC4CCCCO4)cnc32)CN1. The van der Waals surface area contributed by atoms with Gasteiger partial charge < -0.3 is 25.3 Å². The third-order valence-corrected chi connectivity index (χ3v) is 5.59. The Kier molecular flexibility index (Phi) is 5.55. The number of rotatable bonds is 6. The van der Waals surface area contributed by atoms with Gasteiger partial charge in [-0.2, -0.15) is 0 Å². The number of nitrogens with zero attached hydrogens (tertiary/aromatic N) is 2. The Balaban J connectivity index is 1.49. The second kappa shape index (κ2) is 8.23. The van der Waals surface area contributed by atoms with Gasteiger partial charge in [-0.05, 0) is 57.2 Å². The number of hydrogen-bond donors (Lipinski definition) is 3. The second-order valence-electron chi connectivity index (χ2n) is 7.78. The minimum atomic E-state index is 0.0499. The first kappa shape index (κ1) is 18.2. The molecule has 2 unspecified atom stereocenters. The highest BCUT2D eigenvalue weighted by atomic mass is 16.5. The predicted molar refractivity (Wildman–Crippen MR) is 109 cm³/mol. The Hall–Kier alpha value is -2.18. The van der Waals surface area contributed by atoms with Crippen LogP contribution in [0.15, 0.2) is 30.7 Å². The normalized spacial score (nSPS) is 26.4. The molecule has 0 amide bonds. The highest BCUT2D eigenvalue weighted by Crippen LogP contribution is 2.22. The van der Waals surface area contributed by atoms with Crippen molar-refractivity contribution in [3.63, 3.8) is 0 Å². The van der Waals surface area contributed by atoms with Crippen molar-refractivity contribution in [2.75, 3.05) is 13.2 Å². The maximum absolute atomic E-state index is 7.78. The van der Waals surface area contributed by atoms with Gasteiger partial charge in [0.1, 0.15) is 11.9 Å². The summed E-state index contributed by atoms with van der Waals surface area (Å²) in [6.45, 7) is 5.13. The molecule has 4 heterocycles. The van der Waals surface area contributed by atoms with Crippen molar-refractivity contribution in [1.82, 2.24) is 20.2 Å². The van der Waals surface area contributed by atoms with Gasteiger partial charge in [0, 0.05) is 60.5 Å². The highest BCUT2D eigenvalue weighted by Gasteiger charge is 2.21. The molecule has 6 heteroatoms. The van der Waals surface area contributed by atoms with E-state index in [1.54, 1.807) is 0 Å². The van der Waals surface area contributed by atoms with Crippen molar-refractivity contribution in [2.24, 2.45) is 5.92 Å². The fourth-order valence-corrected chi connectivity index (χ4v) is 4.10. The van der Waals surface area contributed by atoms with E-state index in [9.17, 15) is 0 Å². The van der Waals surface area contributed by atoms with Crippen molar-refractivity contribution < 1.29 is 4.74 Å². The van der Waals surface area contributed by atoms with Crippen LogP contribution in [0.3, 0.4) is 0 Å². The topological polar surface area (TPSA) is 75.0 Å². The van der Waals surface area contributed by atoms with Gasteiger partial charge in [0.25, 0.3) is 0 Å². The van der Waals surface area contributed by atoms with Gasteiger partial charge in [-0.3, -0.25) is 0 Å². The van der Waals surface area contributed by atoms with Gasteiger partial charge in [-0.25, -0.2) is 4.98 Å². The van der Waals surface area contributed by atoms with E-state index in [1.807, 2.05) is 12.4 Å². The smallest absolute Gasteiger partial charge is 0.139 e. The minimum absolute atomic E-state index is 0.0499. The number of allylic oxidation sites excluding steroid dienone is 1. The molecule has 2 aromatic rings. The maximum atomic E-state index is 7.78. The van der Waals surface area contributed by atoms with E-state index in [2.05, 4.69) is 40.5 Å². The summed E-state index contributed by atoms with van der Waals surface area (Å²) in [6.07, 6.45) is 11.9. The van der Waals surface area contributed by atoms with Gasteiger partial charge in [0.05, 0.1) is 0 Å². The summed E-state index contributed by atoms with van der Waals surface area (Å²) in [5, 5.41) is 15.7. The van der Waals surface area contributed by atoms with E-state index in [0.29, 0.717) is 12.0 Å². The number of nitrogens with one attached hydrogen (secondary N) is 3.